The minimum absolute atomic E-state index is 0.0190. The number of hydrogen-bond acceptors (Lipinski definition) is 4. The molecule has 1 atom stereocenters. The summed E-state index contributed by atoms with van der Waals surface area (Å²) in [7, 11) is 0. The molecule has 47 heavy (non-hydrogen) atoms. The fourth-order valence-electron chi connectivity index (χ4n) is 6.65. The molecule has 3 aromatic rings. The predicted molar refractivity (Wildman–Crippen MR) is 181 cm³/mol. The van der Waals surface area contributed by atoms with Gasteiger partial charge in [0.1, 0.15) is 0 Å². The Kier molecular flexibility index (Phi) is 13.5. The van der Waals surface area contributed by atoms with E-state index in [0.717, 1.165) is 89.6 Å². The molecule has 1 N–H and O–H groups in total. The van der Waals surface area contributed by atoms with Crippen LogP contribution in [-0.2, 0) is 21.1 Å². The first-order valence-corrected chi connectivity index (χ1v) is 17.2. The van der Waals surface area contributed by atoms with Gasteiger partial charge in [0.25, 0.3) is 5.91 Å². The van der Waals surface area contributed by atoms with Gasteiger partial charge in [0.05, 0.1) is 18.6 Å². The minimum Gasteiger partial charge on any atom is -0.466 e. The van der Waals surface area contributed by atoms with Gasteiger partial charge in [0, 0.05) is 30.1 Å². The first kappa shape index (κ1) is 36.2. The van der Waals surface area contributed by atoms with E-state index < -0.39 is 11.7 Å². The number of amides is 1. The van der Waals surface area contributed by atoms with Crippen molar-refractivity contribution in [1.82, 2.24) is 10.2 Å². The van der Waals surface area contributed by atoms with E-state index in [1.54, 1.807) is 24.3 Å². The Balaban J connectivity index is 1.29. The summed E-state index contributed by atoms with van der Waals surface area (Å²) in [6.07, 6.45) is 4.58. The molecule has 3 aromatic carbocycles. The molecular weight excluding hydrogens is 601 g/mol. The van der Waals surface area contributed by atoms with E-state index in [1.807, 2.05) is 18.2 Å². The second kappa shape index (κ2) is 17.5. The minimum atomic E-state index is -4.41. The van der Waals surface area contributed by atoms with Gasteiger partial charge >= 0.3 is 12.1 Å². The molecular formula is C39H49F3N2O3. The summed E-state index contributed by atoms with van der Waals surface area (Å²) in [6.45, 7) is 7.44. The van der Waals surface area contributed by atoms with Gasteiger partial charge in [-0.25, -0.2) is 0 Å². The van der Waals surface area contributed by atoms with E-state index in [-0.39, 0.29) is 23.3 Å². The number of hydrogen-bond donors (Lipinski definition) is 1. The average molecular weight is 651 g/mol. The van der Waals surface area contributed by atoms with Crippen LogP contribution in [0.5, 0.6) is 0 Å². The topological polar surface area (TPSA) is 58.6 Å². The number of piperidine rings is 1. The molecule has 1 amide bonds. The summed E-state index contributed by atoms with van der Waals surface area (Å²) >= 11 is 0. The number of nitrogens with zero attached hydrogens (tertiary/aromatic N) is 1. The lowest BCUT2D eigenvalue weighted by Crippen LogP contribution is -2.45. The molecule has 0 spiro atoms. The van der Waals surface area contributed by atoms with Crippen LogP contribution in [0.2, 0.25) is 0 Å². The Morgan fingerprint density at radius 2 is 1.51 bits per heavy atom. The van der Waals surface area contributed by atoms with Crippen molar-refractivity contribution < 1.29 is 27.5 Å². The molecule has 1 aliphatic rings. The highest BCUT2D eigenvalue weighted by atomic mass is 19.4. The lowest BCUT2D eigenvalue weighted by molar-refractivity contribution is -0.145. The molecule has 0 saturated carbocycles. The molecule has 8 heteroatoms. The molecule has 1 heterocycles. The third-order valence-corrected chi connectivity index (χ3v) is 9.55. The normalized spacial score (nSPS) is 15.6. The van der Waals surface area contributed by atoms with Gasteiger partial charge in [0.2, 0.25) is 0 Å². The maximum atomic E-state index is 13.3. The second-order valence-electron chi connectivity index (χ2n) is 12.8. The van der Waals surface area contributed by atoms with E-state index in [9.17, 15) is 22.8 Å². The number of unbranched alkanes of at least 4 members (excludes halogenated alkanes) is 3. The summed E-state index contributed by atoms with van der Waals surface area (Å²) in [5.74, 6) is -0.338. The number of esters is 1. The number of ether oxygens (including phenoxy) is 1. The van der Waals surface area contributed by atoms with Gasteiger partial charge in [-0.05, 0) is 80.0 Å². The lowest BCUT2D eigenvalue weighted by atomic mass is 9.72. The quantitative estimate of drug-likeness (QED) is 0.124. The number of carbonyl (C=O) groups is 2. The number of halogens is 3. The van der Waals surface area contributed by atoms with Gasteiger partial charge in [-0.15, -0.1) is 0 Å². The zero-order valence-electron chi connectivity index (χ0n) is 27.8. The van der Waals surface area contributed by atoms with Crippen molar-refractivity contribution in [1.29, 1.82) is 0 Å². The van der Waals surface area contributed by atoms with Crippen LogP contribution < -0.4 is 5.32 Å². The molecule has 0 aliphatic carbocycles. The molecule has 1 saturated heterocycles. The van der Waals surface area contributed by atoms with Crippen LogP contribution in [0.3, 0.4) is 0 Å². The Morgan fingerprint density at radius 1 is 0.830 bits per heavy atom. The molecule has 0 bridgehead atoms. The van der Waals surface area contributed by atoms with Crippen LogP contribution >= 0.6 is 0 Å². The zero-order chi connectivity index (χ0) is 33.7. The SMILES string of the molecule is CCCCCCOC(=O)CC(CC)(CCCN1CCC(NC(=O)c2ccccc2-c2ccc(C(F)(F)F)cc2)CC1)c1ccccc1. The highest BCUT2D eigenvalue weighted by Gasteiger charge is 2.34. The van der Waals surface area contributed by atoms with E-state index in [0.29, 0.717) is 29.7 Å². The summed E-state index contributed by atoms with van der Waals surface area (Å²) in [6, 6.07) is 22.3. The van der Waals surface area contributed by atoms with Crippen molar-refractivity contribution in [2.75, 3.05) is 26.2 Å². The van der Waals surface area contributed by atoms with E-state index in [1.165, 1.54) is 17.7 Å². The van der Waals surface area contributed by atoms with Crippen LogP contribution in [0, 0.1) is 0 Å². The van der Waals surface area contributed by atoms with Crippen molar-refractivity contribution in [3.63, 3.8) is 0 Å². The van der Waals surface area contributed by atoms with Gasteiger partial charge in [-0.2, -0.15) is 13.2 Å². The molecule has 254 valence electrons. The highest BCUT2D eigenvalue weighted by Crippen LogP contribution is 2.37. The van der Waals surface area contributed by atoms with Crippen LogP contribution in [0.25, 0.3) is 11.1 Å². The van der Waals surface area contributed by atoms with E-state index >= 15 is 0 Å². The van der Waals surface area contributed by atoms with Crippen molar-refractivity contribution in [2.24, 2.45) is 0 Å². The van der Waals surface area contributed by atoms with Crippen molar-refractivity contribution in [3.05, 3.63) is 95.6 Å². The lowest BCUT2D eigenvalue weighted by Gasteiger charge is -2.35. The number of carbonyl (C=O) groups excluding carboxylic acids is 2. The maximum Gasteiger partial charge on any atom is 0.416 e. The van der Waals surface area contributed by atoms with Gasteiger partial charge < -0.3 is 15.0 Å². The van der Waals surface area contributed by atoms with E-state index in [4.69, 9.17) is 4.74 Å². The van der Waals surface area contributed by atoms with Crippen LogP contribution in [0.1, 0.15) is 99.5 Å². The highest BCUT2D eigenvalue weighted by molar-refractivity contribution is 6.01. The molecule has 1 aliphatic heterocycles. The Morgan fingerprint density at radius 3 is 2.17 bits per heavy atom. The summed E-state index contributed by atoms with van der Waals surface area (Å²) in [4.78, 5) is 28.7. The summed E-state index contributed by atoms with van der Waals surface area (Å²) < 4.78 is 44.8. The summed E-state index contributed by atoms with van der Waals surface area (Å²) in [5.41, 5.74) is 1.82. The maximum absolute atomic E-state index is 13.3. The van der Waals surface area contributed by atoms with Crippen molar-refractivity contribution in [2.45, 2.75) is 95.7 Å². The Hall–Kier alpha value is -3.65. The molecule has 1 unspecified atom stereocenters. The average Bonchev–Trinajstić information content (AvgIpc) is 3.08. The second-order valence-corrected chi connectivity index (χ2v) is 12.8. The zero-order valence-corrected chi connectivity index (χ0v) is 27.8. The van der Waals surface area contributed by atoms with Crippen LogP contribution in [0.4, 0.5) is 13.2 Å². The monoisotopic (exact) mass is 650 g/mol. The van der Waals surface area contributed by atoms with Gasteiger partial charge in [0.15, 0.2) is 0 Å². The van der Waals surface area contributed by atoms with Crippen LogP contribution in [0.15, 0.2) is 78.9 Å². The fourth-order valence-corrected chi connectivity index (χ4v) is 6.65. The molecule has 4 rings (SSSR count). The number of rotatable bonds is 16. The first-order valence-electron chi connectivity index (χ1n) is 17.2. The standard InChI is InChI=1S/C39H49F3N2O3/c1-3-5-6-12-28-47-36(45)29-38(4-2,31-14-8-7-9-15-31)24-13-25-44-26-22-33(23-27-44)43-37(46)35-17-11-10-16-34(35)30-18-20-32(21-19-30)39(40,41)42/h7-11,14-21,33H,3-6,12-13,22-29H2,1-2H3,(H,43,46). The number of likely N-dealkylation sites (tertiary alicyclic amines) is 1. The molecule has 5 nitrogen and oxygen atoms in total. The molecule has 1 fully saturated rings. The number of benzene rings is 3. The van der Waals surface area contributed by atoms with Gasteiger partial charge in [-0.3, -0.25) is 9.59 Å². The number of alkyl halides is 3. The molecule has 0 radical (unpaired) electrons. The van der Waals surface area contributed by atoms with Crippen molar-refractivity contribution >= 4 is 11.9 Å². The molecule has 0 aromatic heterocycles. The predicted octanol–water partition coefficient (Wildman–Crippen LogP) is 9.21. The van der Waals surface area contributed by atoms with E-state index in [2.05, 4.69) is 36.2 Å². The largest absolute Gasteiger partial charge is 0.466 e. The van der Waals surface area contributed by atoms with Gasteiger partial charge in [-0.1, -0.05) is 93.8 Å². The van der Waals surface area contributed by atoms with Crippen LogP contribution in [-0.4, -0.2) is 49.1 Å². The third-order valence-electron chi connectivity index (χ3n) is 9.55. The smallest absolute Gasteiger partial charge is 0.416 e. The number of nitrogens with one attached hydrogen (secondary N) is 1. The Bertz CT molecular complexity index is 1400. The first-order chi connectivity index (χ1) is 22.6. The Labute approximate surface area is 277 Å². The summed E-state index contributed by atoms with van der Waals surface area (Å²) in [5, 5.41) is 3.16. The third kappa shape index (κ3) is 10.4. The van der Waals surface area contributed by atoms with Crippen molar-refractivity contribution in [3.8, 4) is 11.1 Å². The fraction of sp³-hybridized carbons (Fsp3) is 0.487.